The lowest BCUT2D eigenvalue weighted by Crippen LogP contribution is -2.48. The third-order valence-corrected chi connectivity index (χ3v) is 7.53. The second-order valence-corrected chi connectivity index (χ2v) is 10.7. The van der Waals surface area contributed by atoms with E-state index in [9.17, 15) is 0 Å². The van der Waals surface area contributed by atoms with E-state index in [1.165, 1.54) is 17.4 Å². The first-order chi connectivity index (χ1) is 9.37. The Hall–Kier alpha value is 0.187. The molecule has 0 atom stereocenters. The zero-order valence-electron chi connectivity index (χ0n) is 13.8. The standard InChI is InChI=1S/C15H30O3SSi/c1-7-16-20(17-8-2,18-9-3)14(12-13-10-11-13)19-15(4,5)6/h12-13H,7-11H2,1-6H3/b14-12+. The van der Waals surface area contributed by atoms with E-state index in [2.05, 4.69) is 26.8 Å². The number of thioether (sulfide) groups is 1. The molecule has 5 heteroatoms. The zero-order chi connectivity index (χ0) is 15.2. The summed E-state index contributed by atoms with van der Waals surface area (Å²) < 4.78 is 19.5. The van der Waals surface area contributed by atoms with Crippen molar-refractivity contribution in [2.24, 2.45) is 5.92 Å². The van der Waals surface area contributed by atoms with E-state index in [-0.39, 0.29) is 4.75 Å². The van der Waals surface area contributed by atoms with Gasteiger partial charge in [-0.1, -0.05) is 26.8 Å². The SMILES string of the molecule is CCO[Si](OCC)(OCC)/C(=C/C1CC1)SC(C)(C)C. The molecule has 0 aromatic rings. The van der Waals surface area contributed by atoms with Gasteiger partial charge in [-0.2, -0.15) is 0 Å². The molecule has 0 heterocycles. The van der Waals surface area contributed by atoms with Gasteiger partial charge in [0, 0.05) is 24.6 Å². The van der Waals surface area contributed by atoms with E-state index in [4.69, 9.17) is 13.3 Å². The summed E-state index contributed by atoms with van der Waals surface area (Å²) in [5.74, 6) is 0.688. The van der Waals surface area contributed by atoms with Crippen LogP contribution in [0, 0.1) is 5.92 Å². The van der Waals surface area contributed by atoms with Crippen LogP contribution < -0.4 is 0 Å². The first kappa shape index (κ1) is 18.2. The lowest BCUT2D eigenvalue weighted by molar-refractivity contribution is 0.0830. The lowest BCUT2D eigenvalue weighted by atomic mass is 10.3. The van der Waals surface area contributed by atoms with E-state index < -0.39 is 8.80 Å². The smallest absolute Gasteiger partial charge is 0.370 e. The highest BCUT2D eigenvalue weighted by Crippen LogP contribution is 2.42. The molecule has 0 spiro atoms. The summed E-state index contributed by atoms with van der Waals surface area (Å²) in [6, 6.07) is 0. The summed E-state index contributed by atoms with van der Waals surface area (Å²) in [6.45, 7) is 14.6. The maximum absolute atomic E-state index is 6.05. The molecule has 0 radical (unpaired) electrons. The van der Waals surface area contributed by atoms with Gasteiger partial charge in [-0.05, 0) is 39.5 Å². The number of rotatable bonds is 9. The molecule has 0 saturated heterocycles. The molecule has 0 aromatic heterocycles. The minimum atomic E-state index is -2.73. The highest BCUT2D eigenvalue weighted by molar-refractivity contribution is 8.06. The Balaban J connectivity index is 3.06. The molecule has 1 aliphatic rings. The molecule has 20 heavy (non-hydrogen) atoms. The van der Waals surface area contributed by atoms with Crippen LogP contribution in [-0.2, 0) is 13.3 Å². The largest absolute Gasteiger partial charge is 0.543 e. The van der Waals surface area contributed by atoms with Crippen LogP contribution in [0.15, 0.2) is 10.6 Å². The molecule has 1 fully saturated rings. The minimum Gasteiger partial charge on any atom is -0.370 e. The van der Waals surface area contributed by atoms with Gasteiger partial charge in [0.05, 0.1) is 4.53 Å². The second-order valence-electron chi connectivity index (χ2n) is 5.94. The molecule has 118 valence electrons. The van der Waals surface area contributed by atoms with Crippen LogP contribution in [0.5, 0.6) is 0 Å². The van der Waals surface area contributed by atoms with Crippen LogP contribution in [-0.4, -0.2) is 33.4 Å². The summed E-state index contributed by atoms with van der Waals surface area (Å²) >= 11 is 1.84. The van der Waals surface area contributed by atoms with Gasteiger partial charge in [0.15, 0.2) is 0 Å². The molecule has 1 aliphatic carbocycles. The minimum absolute atomic E-state index is 0.129. The van der Waals surface area contributed by atoms with Crippen LogP contribution in [0.1, 0.15) is 54.4 Å². The average Bonchev–Trinajstić information content (AvgIpc) is 3.11. The average molecular weight is 319 g/mol. The maximum Gasteiger partial charge on any atom is 0.543 e. The van der Waals surface area contributed by atoms with Crippen LogP contribution in [0.25, 0.3) is 0 Å². The monoisotopic (exact) mass is 318 g/mol. The quantitative estimate of drug-likeness (QED) is 0.589. The van der Waals surface area contributed by atoms with Crippen molar-refractivity contribution in [3.8, 4) is 0 Å². The van der Waals surface area contributed by atoms with E-state index >= 15 is 0 Å². The van der Waals surface area contributed by atoms with Crippen molar-refractivity contribution in [3.05, 3.63) is 10.6 Å². The fourth-order valence-electron chi connectivity index (χ4n) is 1.91. The molecule has 3 nitrogen and oxygen atoms in total. The summed E-state index contributed by atoms with van der Waals surface area (Å²) in [4.78, 5) is 0. The fraction of sp³-hybridized carbons (Fsp3) is 0.867. The molecular formula is C15H30O3SSi. The van der Waals surface area contributed by atoms with Gasteiger partial charge < -0.3 is 13.3 Å². The van der Waals surface area contributed by atoms with Crippen LogP contribution in [0.4, 0.5) is 0 Å². The Morgan fingerprint density at radius 1 is 1.05 bits per heavy atom. The first-order valence-electron chi connectivity index (χ1n) is 7.70. The zero-order valence-corrected chi connectivity index (χ0v) is 15.6. The Bertz CT molecular complexity index is 305. The topological polar surface area (TPSA) is 27.7 Å². The lowest BCUT2D eigenvalue weighted by Gasteiger charge is -2.33. The van der Waals surface area contributed by atoms with Crippen molar-refractivity contribution in [3.63, 3.8) is 0 Å². The van der Waals surface area contributed by atoms with Crippen LogP contribution in [0.3, 0.4) is 0 Å². The van der Waals surface area contributed by atoms with Crippen molar-refractivity contribution in [2.75, 3.05) is 19.8 Å². The van der Waals surface area contributed by atoms with Gasteiger partial charge >= 0.3 is 8.80 Å². The maximum atomic E-state index is 6.05. The summed E-state index contributed by atoms with van der Waals surface area (Å²) in [7, 11) is -2.73. The number of allylic oxidation sites excluding steroid dienone is 1. The normalized spacial score (nSPS) is 17.6. The van der Waals surface area contributed by atoms with Crippen molar-refractivity contribution in [1.82, 2.24) is 0 Å². The van der Waals surface area contributed by atoms with Crippen LogP contribution in [0.2, 0.25) is 0 Å². The second kappa shape index (κ2) is 7.99. The molecule has 0 N–H and O–H groups in total. The van der Waals surface area contributed by atoms with Gasteiger partial charge in [0.25, 0.3) is 0 Å². The molecule has 0 aliphatic heterocycles. The van der Waals surface area contributed by atoms with Crippen molar-refractivity contribution >= 4 is 20.6 Å². The van der Waals surface area contributed by atoms with Crippen molar-refractivity contribution in [2.45, 2.75) is 59.1 Å². The number of hydrogen-bond donors (Lipinski definition) is 0. The number of hydrogen-bond acceptors (Lipinski definition) is 4. The third kappa shape index (κ3) is 5.90. The predicted molar refractivity (Wildman–Crippen MR) is 88.8 cm³/mol. The molecule has 0 unspecified atom stereocenters. The summed E-state index contributed by atoms with van der Waals surface area (Å²) in [5.41, 5.74) is 0. The van der Waals surface area contributed by atoms with Crippen LogP contribution >= 0.6 is 11.8 Å². The van der Waals surface area contributed by atoms with Gasteiger partial charge in [-0.25, -0.2) is 0 Å². The van der Waals surface area contributed by atoms with Gasteiger partial charge in [0.2, 0.25) is 0 Å². The predicted octanol–water partition coefficient (Wildman–Crippen LogP) is 4.40. The van der Waals surface area contributed by atoms with Crippen molar-refractivity contribution in [1.29, 1.82) is 0 Å². The molecule has 1 rings (SSSR count). The fourth-order valence-corrected chi connectivity index (χ4v) is 7.04. The third-order valence-electron chi connectivity index (χ3n) is 2.73. The van der Waals surface area contributed by atoms with Gasteiger partial charge in [0.1, 0.15) is 0 Å². The Kier molecular flexibility index (Phi) is 7.28. The molecule has 0 aromatic carbocycles. The van der Waals surface area contributed by atoms with Gasteiger partial charge in [-0.15, -0.1) is 11.8 Å². The Morgan fingerprint density at radius 2 is 1.50 bits per heavy atom. The summed E-state index contributed by atoms with van der Waals surface area (Å²) in [5, 5.41) is 0. The van der Waals surface area contributed by atoms with E-state index in [1.54, 1.807) is 0 Å². The van der Waals surface area contributed by atoms with Crippen molar-refractivity contribution < 1.29 is 13.3 Å². The first-order valence-corrected chi connectivity index (χ1v) is 10.2. The highest BCUT2D eigenvalue weighted by Gasteiger charge is 2.47. The van der Waals surface area contributed by atoms with E-state index in [1.807, 2.05) is 32.5 Å². The molecule has 0 bridgehead atoms. The Morgan fingerprint density at radius 3 is 1.80 bits per heavy atom. The molecule has 1 saturated carbocycles. The summed E-state index contributed by atoms with van der Waals surface area (Å²) in [6.07, 6.45) is 4.91. The molecule has 0 amide bonds. The van der Waals surface area contributed by atoms with E-state index in [0.29, 0.717) is 25.7 Å². The van der Waals surface area contributed by atoms with E-state index in [0.717, 1.165) is 0 Å². The molecular weight excluding hydrogens is 288 g/mol. The Labute approximate surface area is 129 Å². The highest BCUT2D eigenvalue weighted by atomic mass is 32.2. The van der Waals surface area contributed by atoms with Gasteiger partial charge in [-0.3, -0.25) is 0 Å².